The third kappa shape index (κ3) is 1.58. The summed E-state index contributed by atoms with van der Waals surface area (Å²) in [6, 6.07) is -0.156. The monoisotopic (exact) mass is 179 g/mol. The second-order valence-corrected chi connectivity index (χ2v) is 3.17. The minimum Gasteiger partial charge on any atom is -0.496 e. The first-order valence-corrected chi connectivity index (χ1v) is 4.34. The van der Waals surface area contributed by atoms with Gasteiger partial charge in [-0.1, -0.05) is 0 Å². The van der Waals surface area contributed by atoms with Gasteiger partial charge in [-0.05, 0) is 6.08 Å². The molecule has 0 saturated heterocycles. The van der Waals surface area contributed by atoms with Gasteiger partial charge in [0.1, 0.15) is 5.76 Å². The van der Waals surface area contributed by atoms with E-state index >= 15 is 0 Å². The topological polar surface area (TPSA) is 53.1 Å². The van der Waals surface area contributed by atoms with E-state index in [-0.39, 0.29) is 6.04 Å². The van der Waals surface area contributed by atoms with E-state index in [4.69, 9.17) is 10.5 Å². The van der Waals surface area contributed by atoms with E-state index in [0.29, 0.717) is 0 Å². The van der Waals surface area contributed by atoms with Crippen LogP contribution in [0, 0.1) is 0 Å². The zero-order chi connectivity index (χ0) is 9.26. The molecular formula is C9H13N3O. The molecule has 4 heteroatoms. The van der Waals surface area contributed by atoms with Crippen LogP contribution in [-0.4, -0.2) is 16.4 Å². The van der Waals surface area contributed by atoms with Crippen molar-refractivity contribution in [1.82, 2.24) is 9.78 Å². The number of ether oxygens (including phenoxy) is 1. The van der Waals surface area contributed by atoms with Crippen LogP contribution in [0.15, 0.2) is 24.2 Å². The molecule has 1 aliphatic rings. The summed E-state index contributed by atoms with van der Waals surface area (Å²) in [5.74, 6) is 0.869. The molecule has 13 heavy (non-hydrogen) atoms. The second kappa shape index (κ2) is 3.22. The Hall–Kier alpha value is -1.29. The summed E-state index contributed by atoms with van der Waals surface area (Å²) in [6.07, 6.45) is 6.68. The first-order valence-electron chi connectivity index (χ1n) is 4.34. The van der Waals surface area contributed by atoms with Crippen LogP contribution in [0.1, 0.15) is 18.0 Å². The van der Waals surface area contributed by atoms with Gasteiger partial charge in [0.25, 0.3) is 0 Å². The predicted octanol–water partition coefficient (Wildman–Crippen LogP) is 0.724. The summed E-state index contributed by atoms with van der Waals surface area (Å²) < 4.78 is 7.12. The van der Waals surface area contributed by atoms with E-state index < -0.39 is 0 Å². The maximum atomic E-state index is 5.97. The van der Waals surface area contributed by atoms with Crippen LogP contribution in [0.3, 0.4) is 0 Å². The fourth-order valence-electron chi connectivity index (χ4n) is 1.42. The lowest BCUT2D eigenvalue weighted by Gasteiger charge is -2.10. The molecule has 0 bridgehead atoms. The van der Waals surface area contributed by atoms with Gasteiger partial charge in [0, 0.05) is 25.2 Å². The molecule has 2 rings (SSSR count). The van der Waals surface area contributed by atoms with Gasteiger partial charge in [-0.2, -0.15) is 5.10 Å². The summed E-state index contributed by atoms with van der Waals surface area (Å²) in [5, 5.41) is 4.06. The standard InChI is InChI=1S/C9H13N3O/c1-12-6-7(5-11-12)9(10)8-3-2-4-13-8/h3,5-6,9H,2,4,10H2,1H3. The fraction of sp³-hybridized carbons (Fsp3) is 0.444. The number of nitrogens with zero attached hydrogens (tertiary/aromatic N) is 2. The molecule has 1 aromatic heterocycles. The molecule has 2 N–H and O–H groups in total. The van der Waals surface area contributed by atoms with Crippen molar-refractivity contribution in [2.24, 2.45) is 12.8 Å². The Balaban J connectivity index is 2.16. The van der Waals surface area contributed by atoms with Crippen molar-refractivity contribution in [2.75, 3.05) is 6.61 Å². The molecule has 70 valence electrons. The Morgan fingerprint density at radius 2 is 2.54 bits per heavy atom. The van der Waals surface area contributed by atoms with Crippen LogP contribution >= 0.6 is 0 Å². The number of hydrogen-bond acceptors (Lipinski definition) is 3. The molecule has 1 aromatic rings. The van der Waals surface area contributed by atoms with Crippen LogP contribution in [0.2, 0.25) is 0 Å². The van der Waals surface area contributed by atoms with Gasteiger partial charge in [-0.3, -0.25) is 4.68 Å². The summed E-state index contributed by atoms with van der Waals surface area (Å²) in [6.45, 7) is 0.753. The molecule has 0 radical (unpaired) electrons. The highest BCUT2D eigenvalue weighted by molar-refractivity contribution is 5.21. The minimum atomic E-state index is -0.156. The molecule has 2 heterocycles. The van der Waals surface area contributed by atoms with Crippen molar-refractivity contribution in [1.29, 1.82) is 0 Å². The van der Waals surface area contributed by atoms with Gasteiger partial charge in [-0.25, -0.2) is 0 Å². The minimum absolute atomic E-state index is 0.156. The summed E-state index contributed by atoms with van der Waals surface area (Å²) in [4.78, 5) is 0. The average Bonchev–Trinajstić information content (AvgIpc) is 2.72. The van der Waals surface area contributed by atoms with E-state index in [2.05, 4.69) is 5.10 Å². The van der Waals surface area contributed by atoms with Gasteiger partial charge >= 0.3 is 0 Å². The van der Waals surface area contributed by atoms with Crippen LogP contribution in [-0.2, 0) is 11.8 Å². The largest absolute Gasteiger partial charge is 0.496 e. The molecule has 0 aromatic carbocycles. The van der Waals surface area contributed by atoms with Gasteiger partial charge in [0.05, 0.1) is 18.8 Å². The van der Waals surface area contributed by atoms with E-state index in [1.54, 1.807) is 10.9 Å². The predicted molar refractivity (Wildman–Crippen MR) is 48.8 cm³/mol. The van der Waals surface area contributed by atoms with Gasteiger partial charge in [-0.15, -0.1) is 0 Å². The summed E-state index contributed by atoms with van der Waals surface area (Å²) in [7, 11) is 1.88. The highest BCUT2D eigenvalue weighted by atomic mass is 16.5. The smallest absolute Gasteiger partial charge is 0.113 e. The molecule has 1 unspecified atom stereocenters. The van der Waals surface area contributed by atoms with Crippen molar-refractivity contribution < 1.29 is 4.74 Å². The molecule has 1 aliphatic heterocycles. The Kier molecular flexibility index (Phi) is 2.06. The van der Waals surface area contributed by atoms with Crippen molar-refractivity contribution >= 4 is 0 Å². The van der Waals surface area contributed by atoms with Crippen molar-refractivity contribution in [3.8, 4) is 0 Å². The molecule has 4 nitrogen and oxygen atoms in total. The van der Waals surface area contributed by atoms with Gasteiger partial charge < -0.3 is 10.5 Å². The Labute approximate surface area is 77.0 Å². The molecular weight excluding hydrogens is 166 g/mol. The molecule has 0 spiro atoms. The van der Waals surface area contributed by atoms with Crippen LogP contribution in [0.25, 0.3) is 0 Å². The number of hydrogen-bond donors (Lipinski definition) is 1. The first-order chi connectivity index (χ1) is 6.27. The molecule has 1 atom stereocenters. The molecule has 0 aliphatic carbocycles. The number of rotatable bonds is 2. The average molecular weight is 179 g/mol. The van der Waals surface area contributed by atoms with E-state index in [1.165, 1.54) is 0 Å². The number of aryl methyl sites for hydroxylation is 1. The third-order valence-electron chi connectivity index (χ3n) is 2.12. The normalized spacial score (nSPS) is 18.2. The maximum Gasteiger partial charge on any atom is 0.113 e. The third-order valence-corrected chi connectivity index (χ3v) is 2.12. The Morgan fingerprint density at radius 3 is 3.08 bits per heavy atom. The Bertz CT molecular complexity index is 329. The van der Waals surface area contributed by atoms with Crippen LogP contribution < -0.4 is 5.73 Å². The molecule has 0 fully saturated rings. The van der Waals surface area contributed by atoms with E-state index in [9.17, 15) is 0 Å². The van der Waals surface area contributed by atoms with E-state index in [0.717, 1.165) is 24.4 Å². The number of nitrogens with two attached hydrogens (primary N) is 1. The lowest BCUT2D eigenvalue weighted by atomic mass is 10.1. The highest BCUT2D eigenvalue weighted by Crippen LogP contribution is 2.23. The number of aromatic nitrogens is 2. The maximum absolute atomic E-state index is 5.97. The molecule has 0 saturated carbocycles. The summed E-state index contributed by atoms with van der Waals surface area (Å²) in [5.41, 5.74) is 6.96. The van der Waals surface area contributed by atoms with Crippen LogP contribution in [0.4, 0.5) is 0 Å². The zero-order valence-electron chi connectivity index (χ0n) is 7.60. The lowest BCUT2D eigenvalue weighted by Crippen LogP contribution is -2.12. The quantitative estimate of drug-likeness (QED) is 0.728. The molecule has 0 amide bonds. The van der Waals surface area contributed by atoms with Crippen molar-refractivity contribution in [3.63, 3.8) is 0 Å². The zero-order valence-corrected chi connectivity index (χ0v) is 7.60. The van der Waals surface area contributed by atoms with E-state index in [1.807, 2.05) is 19.3 Å². The highest BCUT2D eigenvalue weighted by Gasteiger charge is 2.17. The Morgan fingerprint density at radius 1 is 1.69 bits per heavy atom. The second-order valence-electron chi connectivity index (χ2n) is 3.17. The van der Waals surface area contributed by atoms with Gasteiger partial charge in [0.2, 0.25) is 0 Å². The van der Waals surface area contributed by atoms with Gasteiger partial charge in [0.15, 0.2) is 0 Å². The fourth-order valence-corrected chi connectivity index (χ4v) is 1.42. The summed E-state index contributed by atoms with van der Waals surface area (Å²) >= 11 is 0. The van der Waals surface area contributed by atoms with Crippen LogP contribution in [0.5, 0.6) is 0 Å². The first kappa shape index (κ1) is 8.31. The van der Waals surface area contributed by atoms with Crippen molar-refractivity contribution in [3.05, 3.63) is 29.8 Å². The lowest BCUT2D eigenvalue weighted by molar-refractivity contribution is 0.225. The SMILES string of the molecule is Cn1cc(C(N)C2=CCCO2)cn1. The van der Waals surface area contributed by atoms with Crippen molar-refractivity contribution in [2.45, 2.75) is 12.5 Å².